The Morgan fingerprint density at radius 2 is 1.57 bits per heavy atom. The molecule has 0 heterocycles. The van der Waals surface area contributed by atoms with Crippen LogP contribution in [0.2, 0.25) is 5.02 Å². The number of hydrogen-bond acceptors (Lipinski definition) is 1. The number of nitrogens with two attached hydrogens (primary N) is 1. The van der Waals surface area contributed by atoms with Crippen LogP contribution in [0.25, 0.3) is 0 Å². The number of anilines is 1. The third-order valence-corrected chi connectivity index (χ3v) is 2.25. The van der Waals surface area contributed by atoms with Crippen LogP contribution < -0.4 is 5.73 Å². The second-order valence-electron chi connectivity index (χ2n) is 3.24. The van der Waals surface area contributed by atoms with E-state index in [1.165, 1.54) is 0 Å². The highest BCUT2D eigenvalue weighted by molar-refractivity contribution is 6.31. The number of halogens is 4. The quantitative estimate of drug-likeness (QED) is 0.440. The summed E-state index contributed by atoms with van der Waals surface area (Å²) in [5, 5.41) is -0.899. The molecule has 0 unspecified atom stereocenters. The second kappa shape index (κ2) is 3.69. The Bertz CT molecular complexity index is 348. The molecule has 78 valence electrons. The van der Waals surface area contributed by atoms with Crippen molar-refractivity contribution in [2.24, 2.45) is 0 Å². The maximum absolute atomic E-state index is 13.2. The molecule has 0 fully saturated rings. The zero-order valence-electron chi connectivity index (χ0n) is 7.67. The van der Waals surface area contributed by atoms with Gasteiger partial charge < -0.3 is 5.73 Å². The summed E-state index contributed by atoms with van der Waals surface area (Å²) in [6.45, 7) is 3.17. The molecule has 0 radical (unpaired) electrons. The van der Waals surface area contributed by atoms with Crippen molar-refractivity contribution in [2.45, 2.75) is 19.8 Å². The summed E-state index contributed by atoms with van der Waals surface area (Å²) in [5.41, 5.74) is 4.68. The second-order valence-corrected chi connectivity index (χ2v) is 3.62. The van der Waals surface area contributed by atoms with E-state index in [4.69, 9.17) is 17.3 Å². The van der Waals surface area contributed by atoms with Crippen molar-refractivity contribution in [1.82, 2.24) is 0 Å². The first-order chi connectivity index (χ1) is 6.37. The first-order valence-corrected chi connectivity index (χ1v) is 4.37. The molecule has 0 saturated carbocycles. The van der Waals surface area contributed by atoms with E-state index in [9.17, 15) is 13.2 Å². The molecule has 0 aromatic heterocycles. The molecule has 0 aliphatic carbocycles. The van der Waals surface area contributed by atoms with Crippen LogP contribution in [0.5, 0.6) is 0 Å². The average molecular weight is 224 g/mol. The minimum Gasteiger partial charge on any atom is -0.396 e. The topological polar surface area (TPSA) is 26.0 Å². The number of rotatable bonds is 1. The third kappa shape index (κ3) is 1.54. The minimum atomic E-state index is -1.39. The summed E-state index contributed by atoms with van der Waals surface area (Å²) >= 11 is 5.19. The lowest BCUT2D eigenvalue weighted by atomic mass is 10.00. The molecule has 0 saturated heterocycles. The molecule has 1 nitrogen and oxygen atoms in total. The largest absolute Gasteiger partial charge is 0.396 e. The molecule has 14 heavy (non-hydrogen) atoms. The van der Waals surface area contributed by atoms with E-state index in [0.717, 1.165) is 0 Å². The number of nitrogen functional groups attached to an aromatic ring is 1. The normalized spacial score (nSPS) is 11.1. The Balaban J connectivity index is 3.60. The molecule has 1 aromatic rings. The standard InChI is InChI=1S/C9H9ClF3N/c1-3(2)4-6(11)7(12)5(10)8(13)9(4)14/h3H,14H2,1-2H3. The summed E-state index contributed by atoms with van der Waals surface area (Å²) in [4.78, 5) is 0. The first-order valence-electron chi connectivity index (χ1n) is 3.99. The summed E-state index contributed by atoms with van der Waals surface area (Å²) in [6, 6.07) is 0. The van der Waals surface area contributed by atoms with E-state index in [-0.39, 0.29) is 5.56 Å². The molecule has 0 aliphatic rings. The van der Waals surface area contributed by atoms with E-state index >= 15 is 0 Å². The first kappa shape index (κ1) is 11.2. The van der Waals surface area contributed by atoms with Crippen molar-refractivity contribution in [3.63, 3.8) is 0 Å². The van der Waals surface area contributed by atoms with Crippen LogP contribution >= 0.6 is 11.6 Å². The van der Waals surface area contributed by atoms with E-state index in [1.807, 2.05) is 0 Å². The molecule has 1 aromatic carbocycles. The smallest absolute Gasteiger partial charge is 0.180 e. The van der Waals surface area contributed by atoms with Gasteiger partial charge in [-0.25, -0.2) is 13.2 Å². The lowest BCUT2D eigenvalue weighted by Crippen LogP contribution is -2.07. The van der Waals surface area contributed by atoms with Crippen molar-refractivity contribution < 1.29 is 13.2 Å². The zero-order chi connectivity index (χ0) is 11.0. The third-order valence-electron chi connectivity index (χ3n) is 1.92. The Kier molecular flexibility index (Phi) is 2.95. The van der Waals surface area contributed by atoms with Crippen LogP contribution in [0.4, 0.5) is 18.9 Å². The molecule has 0 aliphatic heterocycles. The van der Waals surface area contributed by atoms with Gasteiger partial charge in [-0.05, 0) is 5.92 Å². The molecule has 0 bridgehead atoms. The van der Waals surface area contributed by atoms with Crippen LogP contribution in [0.15, 0.2) is 0 Å². The van der Waals surface area contributed by atoms with Crippen LogP contribution in [0.1, 0.15) is 25.3 Å². The average Bonchev–Trinajstić information content (AvgIpc) is 2.11. The molecule has 5 heteroatoms. The monoisotopic (exact) mass is 223 g/mol. The Morgan fingerprint density at radius 1 is 1.07 bits per heavy atom. The van der Waals surface area contributed by atoms with Gasteiger partial charge in [-0.1, -0.05) is 25.4 Å². The number of hydrogen-bond donors (Lipinski definition) is 1. The molecule has 0 atom stereocenters. The predicted molar refractivity (Wildman–Crippen MR) is 49.8 cm³/mol. The predicted octanol–water partition coefficient (Wildman–Crippen LogP) is 3.46. The Hall–Kier alpha value is -0.900. The van der Waals surface area contributed by atoms with Crippen molar-refractivity contribution in [3.8, 4) is 0 Å². The fraction of sp³-hybridized carbons (Fsp3) is 0.333. The van der Waals surface area contributed by atoms with Gasteiger partial charge in [0.05, 0.1) is 5.69 Å². The minimum absolute atomic E-state index is 0.176. The Labute approximate surface area is 84.7 Å². The molecule has 0 amide bonds. The van der Waals surface area contributed by atoms with E-state index in [2.05, 4.69) is 0 Å². The van der Waals surface area contributed by atoms with Gasteiger partial charge in [-0.2, -0.15) is 0 Å². The van der Waals surface area contributed by atoms with Gasteiger partial charge in [0.15, 0.2) is 17.5 Å². The van der Waals surface area contributed by atoms with Gasteiger partial charge in [0.25, 0.3) is 0 Å². The maximum atomic E-state index is 13.2. The highest BCUT2D eigenvalue weighted by Gasteiger charge is 2.23. The van der Waals surface area contributed by atoms with Gasteiger partial charge in [0.2, 0.25) is 0 Å². The van der Waals surface area contributed by atoms with Crippen LogP contribution in [-0.2, 0) is 0 Å². The van der Waals surface area contributed by atoms with Crippen LogP contribution in [-0.4, -0.2) is 0 Å². The van der Waals surface area contributed by atoms with Crippen LogP contribution in [0.3, 0.4) is 0 Å². The zero-order valence-corrected chi connectivity index (χ0v) is 8.42. The van der Waals surface area contributed by atoms with E-state index in [1.54, 1.807) is 13.8 Å². The summed E-state index contributed by atoms with van der Waals surface area (Å²) in [7, 11) is 0. The summed E-state index contributed by atoms with van der Waals surface area (Å²) < 4.78 is 39.4. The van der Waals surface area contributed by atoms with E-state index in [0.29, 0.717) is 0 Å². The van der Waals surface area contributed by atoms with Crippen molar-refractivity contribution in [3.05, 3.63) is 28.0 Å². The highest BCUT2D eigenvalue weighted by Crippen LogP contribution is 2.34. The van der Waals surface area contributed by atoms with Gasteiger partial charge >= 0.3 is 0 Å². The fourth-order valence-electron chi connectivity index (χ4n) is 1.23. The lowest BCUT2D eigenvalue weighted by Gasteiger charge is -2.13. The van der Waals surface area contributed by atoms with Gasteiger partial charge in [0.1, 0.15) is 5.02 Å². The molecule has 0 spiro atoms. The number of benzene rings is 1. The highest BCUT2D eigenvalue weighted by atomic mass is 35.5. The van der Waals surface area contributed by atoms with Gasteiger partial charge in [-0.3, -0.25) is 0 Å². The van der Waals surface area contributed by atoms with Crippen molar-refractivity contribution >= 4 is 17.3 Å². The van der Waals surface area contributed by atoms with Crippen molar-refractivity contribution in [1.29, 1.82) is 0 Å². The van der Waals surface area contributed by atoms with Crippen molar-refractivity contribution in [2.75, 3.05) is 5.73 Å². The lowest BCUT2D eigenvalue weighted by molar-refractivity contribution is 0.482. The van der Waals surface area contributed by atoms with Gasteiger partial charge in [0, 0.05) is 5.56 Å². The van der Waals surface area contributed by atoms with Crippen LogP contribution in [0, 0.1) is 17.5 Å². The van der Waals surface area contributed by atoms with E-state index < -0.39 is 34.1 Å². The molecule has 2 N–H and O–H groups in total. The molecule has 1 rings (SSSR count). The summed E-state index contributed by atoms with van der Waals surface area (Å²) in [5.74, 6) is -4.07. The maximum Gasteiger partial charge on any atom is 0.180 e. The molecular weight excluding hydrogens is 215 g/mol. The fourth-order valence-corrected chi connectivity index (χ4v) is 1.41. The Morgan fingerprint density at radius 3 is 2.00 bits per heavy atom. The molecular formula is C9H9ClF3N. The summed E-state index contributed by atoms with van der Waals surface area (Å²) in [6.07, 6.45) is 0. The SMILES string of the molecule is CC(C)c1c(N)c(F)c(Cl)c(F)c1F. The van der Waals surface area contributed by atoms with Gasteiger partial charge in [-0.15, -0.1) is 0 Å².